The van der Waals surface area contributed by atoms with Crippen LogP contribution in [0.1, 0.15) is 26.7 Å². The van der Waals surface area contributed by atoms with Gasteiger partial charge in [0, 0.05) is 5.92 Å². The lowest BCUT2D eigenvalue weighted by Gasteiger charge is -2.14. The smallest absolute Gasteiger partial charge is 0.412 e. The second-order valence-corrected chi connectivity index (χ2v) is 7.48. The van der Waals surface area contributed by atoms with Crippen molar-refractivity contribution >= 4 is 40.8 Å². The van der Waals surface area contributed by atoms with E-state index in [2.05, 4.69) is 10.3 Å². The summed E-state index contributed by atoms with van der Waals surface area (Å²) >= 11 is 6.51. The molecule has 136 valence electrons. The summed E-state index contributed by atoms with van der Waals surface area (Å²) in [6, 6.07) is 16.0. The Labute approximate surface area is 163 Å². The number of carbonyl (C=O) groups excluding carboxylic acids is 1. The standard InChI is InChI=1S/C19H13ClN2O4S/c20-18-21-16(15(27-18)17(23)24)22-19(25)26-9-14-12-7-3-1-5-10(12)11-6-2-4-8-13(11)14/h1-8,14H,9H2,(H,22,25)(H,23,24). The van der Waals surface area contributed by atoms with E-state index >= 15 is 0 Å². The number of aromatic nitrogens is 1. The maximum Gasteiger partial charge on any atom is 0.412 e. The molecule has 3 aromatic rings. The monoisotopic (exact) mass is 400 g/mol. The first kappa shape index (κ1) is 17.5. The zero-order valence-corrected chi connectivity index (χ0v) is 15.4. The van der Waals surface area contributed by atoms with Gasteiger partial charge in [0.1, 0.15) is 6.61 Å². The van der Waals surface area contributed by atoms with Crippen LogP contribution in [0.4, 0.5) is 10.6 Å². The van der Waals surface area contributed by atoms with Crippen LogP contribution in [-0.4, -0.2) is 28.8 Å². The average molecular weight is 401 g/mol. The molecule has 27 heavy (non-hydrogen) atoms. The topological polar surface area (TPSA) is 88.5 Å². The molecule has 0 saturated carbocycles. The van der Waals surface area contributed by atoms with Crippen LogP contribution in [0.15, 0.2) is 48.5 Å². The molecule has 2 aromatic carbocycles. The Kier molecular flexibility index (Phi) is 4.55. The van der Waals surface area contributed by atoms with Crippen molar-refractivity contribution in [3.05, 3.63) is 69.0 Å². The zero-order chi connectivity index (χ0) is 19.0. The van der Waals surface area contributed by atoms with Gasteiger partial charge in [0.25, 0.3) is 0 Å². The third-order valence-electron chi connectivity index (χ3n) is 4.36. The number of carboxylic acids is 1. The zero-order valence-electron chi connectivity index (χ0n) is 13.8. The molecule has 0 unspecified atom stereocenters. The number of nitrogens with one attached hydrogen (secondary N) is 1. The maximum absolute atomic E-state index is 12.2. The summed E-state index contributed by atoms with van der Waals surface area (Å²) in [6.07, 6.45) is -0.777. The number of halogens is 1. The van der Waals surface area contributed by atoms with Crippen LogP contribution in [0, 0.1) is 0 Å². The number of benzene rings is 2. The molecule has 2 N–H and O–H groups in total. The molecule has 8 heteroatoms. The summed E-state index contributed by atoms with van der Waals surface area (Å²) in [6.45, 7) is 0.125. The molecule has 1 aliphatic carbocycles. The molecule has 0 fully saturated rings. The maximum atomic E-state index is 12.2. The summed E-state index contributed by atoms with van der Waals surface area (Å²) in [5, 5.41) is 11.5. The van der Waals surface area contributed by atoms with E-state index in [1.54, 1.807) is 0 Å². The van der Waals surface area contributed by atoms with Gasteiger partial charge < -0.3 is 9.84 Å². The largest absolute Gasteiger partial charge is 0.477 e. The minimum Gasteiger partial charge on any atom is -0.477 e. The first-order chi connectivity index (χ1) is 13.0. The Morgan fingerprint density at radius 1 is 1.11 bits per heavy atom. The molecule has 1 aromatic heterocycles. The van der Waals surface area contributed by atoms with Crippen molar-refractivity contribution in [3.63, 3.8) is 0 Å². The van der Waals surface area contributed by atoms with Gasteiger partial charge in [-0.1, -0.05) is 71.5 Å². The molecule has 0 aliphatic heterocycles. The number of nitrogens with zero attached hydrogens (tertiary/aromatic N) is 1. The molecule has 0 bridgehead atoms. The fourth-order valence-corrected chi connectivity index (χ4v) is 4.16. The number of fused-ring (bicyclic) bond motifs is 3. The van der Waals surface area contributed by atoms with Crippen molar-refractivity contribution in [1.29, 1.82) is 0 Å². The highest BCUT2D eigenvalue weighted by Crippen LogP contribution is 2.44. The molecule has 1 amide bonds. The molecule has 6 nitrogen and oxygen atoms in total. The van der Waals surface area contributed by atoms with Crippen molar-refractivity contribution in [3.8, 4) is 11.1 Å². The normalized spacial score (nSPS) is 12.3. The minimum atomic E-state index is -1.21. The van der Waals surface area contributed by atoms with Gasteiger partial charge in [0.15, 0.2) is 15.2 Å². The predicted octanol–water partition coefficient (Wildman–Crippen LogP) is 4.86. The average Bonchev–Trinajstić information content (AvgIpc) is 3.18. The molecule has 0 spiro atoms. The van der Waals surface area contributed by atoms with Crippen LogP contribution in [0.3, 0.4) is 0 Å². The predicted molar refractivity (Wildman–Crippen MR) is 103 cm³/mol. The number of thiazole rings is 1. The number of carbonyl (C=O) groups is 2. The van der Waals surface area contributed by atoms with Crippen molar-refractivity contribution in [1.82, 2.24) is 4.98 Å². The van der Waals surface area contributed by atoms with Gasteiger partial charge >= 0.3 is 12.1 Å². The lowest BCUT2D eigenvalue weighted by Crippen LogP contribution is -2.19. The number of ether oxygens (including phenoxy) is 1. The van der Waals surface area contributed by atoms with Gasteiger partial charge in [-0.3, -0.25) is 5.32 Å². The highest BCUT2D eigenvalue weighted by atomic mass is 35.5. The number of amides is 1. The summed E-state index contributed by atoms with van der Waals surface area (Å²) in [4.78, 5) is 27.0. The van der Waals surface area contributed by atoms with Gasteiger partial charge in [-0.05, 0) is 22.3 Å². The minimum absolute atomic E-state index is 0.0290. The van der Waals surface area contributed by atoms with Gasteiger partial charge in [-0.2, -0.15) is 0 Å². The van der Waals surface area contributed by atoms with Gasteiger partial charge in [0.05, 0.1) is 0 Å². The van der Waals surface area contributed by atoms with Gasteiger partial charge in [0.2, 0.25) is 0 Å². The number of hydrogen-bond donors (Lipinski definition) is 2. The second-order valence-electron chi connectivity index (χ2n) is 5.90. The Bertz CT molecular complexity index is 1000. The Morgan fingerprint density at radius 3 is 2.30 bits per heavy atom. The number of hydrogen-bond acceptors (Lipinski definition) is 5. The van der Waals surface area contributed by atoms with Gasteiger partial charge in [-0.15, -0.1) is 0 Å². The molecule has 1 aliphatic rings. The van der Waals surface area contributed by atoms with Crippen LogP contribution in [0.25, 0.3) is 11.1 Å². The fourth-order valence-electron chi connectivity index (χ4n) is 3.25. The lowest BCUT2D eigenvalue weighted by molar-refractivity contribution is 0.0703. The highest BCUT2D eigenvalue weighted by molar-refractivity contribution is 7.18. The van der Waals surface area contributed by atoms with Gasteiger partial charge in [-0.25, -0.2) is 14.6 Å². The lowest BCUT2D eigenvalue weighted by atomic mass is 9.98. The summed E-state index contributed by atoms with van der Waals surface area (Å²) in [5.74, 6) is -1.41. The molecule has 0 atom stereocenters. The first-order valence-corrected chi connectivity index (χ1v) is 9.25. The van der Waals surface area contributed by atoms with E-state index in [1.807, 2.05) is 48.5 Å². The van der Waals surface area contributed by atoms with E-state index in [0.29, 0.717) is 0 Å². The number of carboxylic acid groups (broad SMARTS) is 1. The molecule has 1 heterocycles. The Morgan fingerprint density at radius 2 is 1.70 bits per heavy atom. The third-order valence-corrected chi connectivity index (χ3v) is 5.51. The second kappa shape index (κ2) is 7.02. The SMILES string of the molecule is O=C(Nc1nc(Cl)sc1C(=O)O)OCC1c2ccccc2-c2ccccc21. The van der Waals surface area contributed by atoms with Crippen molar-refractivity contribution in [2.24, 2.45) is 0 Å². The molecule has 0 saturated heterocycles. The van der Waals surface area contributed by atoms with E-state index in [9.17, 15) is 9.59 Å². The van der Waals surface area contributed by atoms with Crippen LogP contribution in [0.2, 0.25) is 4.47 Å². The Balaban J connectivity index is 1.51. The van der Waals surface area contributed by atoms with Crippen molar-refractivity contribution in [2.45, 2.75) is 5.92 Å². The van der Waals surface area contributed by atoms with E-state index in [0.717, 1.165) is 33.6 Å². The molecule has 0 radical (unpaired) electrons. The summed E-state index contributed by atoms with van der Waals surface area (Å²) < 4.78 is 5.40. The van der Waals surface area contributed by atoms with E-state index in [4.69, 9.17) is 21.4 Å². The Hall–Kier alpha value is -2.90. The number of rotatable bonds is 4. The van der Waals surface area contributed by atoms with Crippen molar-refractivity contribution < 1.29 is 19.4 Å². The molecule has 4 rings (SSSR count). The summed E-state index contributed by atoms with van der Waals surface area (Å²) in [5.41, 5.74) is 4.44. The summed E-state index contributed by atoms with van der Waals surface area (Å²) in [7, 11) is 0. The first-order valence-electron chi connectivity index (χ1n) is 8.06. The van der Waals surface area contributed by atoms with Crippen molar-refractivity contribution in [2.75, 3.05) is 11.9 Å². The third kappa shape index (κ3) is 3.27. The van der Waals surface area contributed by atoms with Crippen LogP contribution in [0.5, 0.6) is 0 Å². The van der Waals surface area contributed by atoms with Crippen LogP contribution in [-0.2, 0) is 4.74 Å². The van der Waals surface area contributed by atoms with Crippen LogP contribution < -0.4 is 5.32 Å². The fraction of sp³-hybridized carbons (Fsp3) is 0.105. The number of anilines is 1. The highest BCUT2D eigenvalue weighted by Gasteiger charge is 2.29. The molecular weight excluding hydrogens is 388 g/mol. The van der Waals surface area contributed by atoms with E-state index in [1.165, 1.54) is 0 Å². The van der Waals surface area contributed by atoms with E-state index < -0.39 is 12.1 Å². The van der Waals surface area contributed by atoms with E-state index in [-0.39, 0.29) is 27.7 Å². The number of aromatic carboxylic acids is 1. The van der Waals surface area contributed by atoms with Crippen LogP contribution >= 0.6 is 22.9 Å². The molecular formula is C19H13ClN2O4S. The quantitative estimate of drug-likeness (QED) is 0.653.